The monoisotopic (exact) mass is 383 g/mol. The summed E-state index contributed by atoms with van der Waals surface area (Å²) in [7, 11) is 0. The molecule has 6 heteroatoms. The van der Waals surface area contributed by atoms with Crippen LogP contribution in [-0.2, 0) is 0 Å². The highest BCUT2D eigenvalue weighted by molar-refractivity contribution is 7.80. The highest BCUT2D eigenvalue weighted by atomic mass is 32.1. The van der Waals surface area contributed by atoms with Gasteiger partial charge in [-0.15, -0.1) is 11.3 Å². The zero-order valence-corrected chi connectivity index (χ0v) is 16.1. The number of hydrogen-bond acceptors (Lipinski definition) is 3. The average Bonchev–Trinajstić information content (AvgIpc) is 3.21. The lowest BCUT2D eigenvalue weighted by Crippen LogP contribution is -2.29. The lowest BCUT2D eigenvalue weighted by Gasteiger charge is -2.27. The van der Waals surface area contributed by atoms with Gasteiger partial charge in [0.15, 0.2) is 5.11 Å². The van der Waals surface area contributed by atoms with Crippen LogP contribution in [-0.4, -0.2) is 10.1 Å². The molecule has 1 fully saturated rings. The topological polar surface area (TPSA) is 28.2 Å². The summed E-state index contributed by atoms with van der Waals surface area (Å²) in [6.07, 6.45) is 1.79. The normalized spacial score (nSPS) is 19.7. The molecule has 0 spiro atoms. The molecule has 3 nitrogen and oxygen atoms in total. The molecule has 3 heterocycles. The fraction of sp³-hybridized carbons (Fsp3) is 0.200. The molecule has 2 aromatic heterocycles. The smallest absolute Gasteiger partial charge is 0.174 e. The number of hydrogen-bond donors (Lipinski definition) is 1. The Hall–Kier alpha value is -2.31. The summed E-state index contributed by atoms with van der Waals surface area (Å²) in [5, 5.41) is 4.05. The predicted octanol–water partition coefficient (Wildman–Crippen LogP) is 5.08. The summed E-state index contributed by atoms with van der Waals surface area (Å²) in [4.78, 5) is 9.05. The van der Waals surface area contributed by atoms with Gasteiger partial charge in [0.2, 0.25) is 0 Å². The van der Waals surface area contributed by atoms with Gasteiger partial charge >= 0.3 is 0 Å². The molecule has 26 heavy (non-hydrogen) atoms. The van der Waals surface area contributed by atoms with E-state index in [0.717, 1.165) is 11.4 Å². The molecule has 0 aliphatic carbocycles. The van der Waals surface area contributed by atoms with Gasteiger partial charge < -0.3 is 10.2 Å². The lowest BCUT2D eigenvalue weighted by atomic mass is 10.0. The molecule has 0 amide bonds. The highest BCUT2D eigenvalue weighted by Crippen LogP contribution is 2.43. The van der Waals surface area contributed by atoms with Crippen molar-refractivity contribution in [3.8, 4) is 0 Å². The van der Waals surface area contributed by atoms with Crippen LogP contribution < -0.4 is 10.2 Å². The first-order chi connectivity index (χ1) is 12.5. The van der Waals surface area contributed by atoms with Crippen molar-refractivity contribution in [3.05, 3.63) is 81.6 Å². The SMILES string of the molecule is Cc1ccc(C2C(c3ccccn3)NC(=S)N2c2ccc(F)c(C)c2)s1. The van der Waals surface area contributed by atoms with E-state index in [1.807, 2.05) is 24.3 Å². The molecule has 1 aliphatic rings. The molecule has 1 aliphatic heterocycles. The second kappa shape index (κ2) is 6.78. The van der Waals surface area contributed by atoms with E-state index in [4.69, 9.17) is 12.2 Å². The number of aromatic nitrogens is 1. The van der Waals surface area contributed by atoms with Gasteiger partial charge in [-0.3, -0.25) is 4.98 Å². The highest BCUT2D eigenvalue weighted by Gasteiger charge is 2.41. The minimum Gasteiger partial charge on any atom is -0.351 e. The van der Waals surface area contributed by atoms with E-state index in [0.29, 0.717) is 10.7 Å². The van der Waals surface area contributed by atoms with Gasteiger partial charge in [-0.05, 0) is 74.1 Å². The number of thiophene rings is 1. The molecule has 0 bridgehead atoms. The van der Waals surface area contributed by atoms with Crippen LogP contribution in [0.1, 0.15) is 33.1 Å². The molecule has 0 saturated carbocycles. The molecule has 4 rings (SSSR count). The van der Waals surface area contributed by atoms with Gasteiger partial charge in [-0.2, -0.15) is 0 Å². The first-order valence-electron chi connectivity index (χ1n) is 8.38. The van der Waals surface area contributed by atoms with E-state index in [-0.39, 0.29) is 17.9 Å². The quantitative estimate of drug-likeness (QED) is 0.639. The third-order valence-corrected chi connectivity index (χ3v) is 5.96. The van der Waals surface area contributed by atoms with Crippen LogP contribution in [0.2, 0.25) is 0 Å². The average molecular weight is 384 g/mol. The van der Waals surface area contributed by atoms with E-state index in [9.17, 15) is 4.39 Å². The summed E-state index contributed by atoms with van der Waals surface area (Å²) in [5.41, 5.74) is 2.43. The molecule has 1 saturated heterocycles. The lowest BCUT2D eigenvalue weighted by molar-refractivity contribution is 0.574. The van der Waals surface area contributed by atoms with Crippen LogP contribution in [0.25, 0.3) is 0 Å². The maximum Gasteiger partial charge on any atom is 0.174 e. The number of anilines is 1. The van der Waals surface area contributed by atoms with Gasteiger partial charge in [0, 0.05) is 21.6 Å². The molecule has 2 atom stereocenters. The van der Waals surface area contributed by atoms with Crippen molar-refractivity contribution in [2.45, 2.75) is 25.9 Å². The van der Waals surface area contributed by atoms with Crippen molar-refractivity contribution >= 4 is 34.4 Å². The number of aryl methyl sites for hydroxylation is 2. The third-order valence-electron chi connectivity index (χ3n) is 4.57. The summed E-state index contributed by atoms with van der Waals surface area (Å²) in [6, 6.07) is 15.2. The van der Waals surface area contributed by atoms with Crippen LogP contribution in [0.5, 0.6) is 0 Å². The Morgan fingerprint density at radius 3 is 2.65 bits per heavy atom. The van der Waals surface area contributed by atoms with Gasteiger partial charge in [-0.1, -0.05) is 6.07 Å². The fourth-order valence-corrected chi connectivity index (χ4v) is 4.67. The third kappa shape index (κ3) is 2.99. The number of nitrogens with one attached hydrogen (secondary N) is 1. The zero-order chi connectivity index (χ0) is 18.3. The van der Waals surface area contributed by atoms with Crippen molar-refractivity contribution < 1.29 is 4.39 Å². The Kier molecular flexibility index (Phi) is 4.46. The Balaban J connectivity index is 1.83. The molecular weight excluding hydrogens is 365 g/mol. The second-order valence-corrected chi connectivity index (χ2v) is 8.08. The van der Waals surface area contributed by atoms with E-state index in [2.05, 4.69) is 34.3 Å². The van der Waals surface area contributed by atoms with Gasteiger partial charge in [-0.25, -0.2) is 4.39 Å². The van der Waals surface area contributed by atoms with E-state index >= 15 is 0 Å². The molecule has 1 N–H and O–H groups in total. The maximum atomic E-state index is 13.8. The van der Waals surface area contributed by atoms with Crippen molar-refractivity contribution in [2.24, 2.45) is 0 Å². The van der Waals surface area contributed by atoms with Gasteiger partial charge in [0.1, 0.15) is 5.82 Å². The molecule has 3 aromatic rings. The second-order valence-electron chi connectivity index (χ2n) is 6.38. The van der Waals surface area contributed by atoms with Crippen molar-refractivity contribution in [1.82, 2.24) is 10.3 Å². The standard InChI is InChI=1S/C20H18FN3S2/c1-12-11-14(7-8-15(12)21)24-19(17-9-6-13(2)26-17)18(23-20(24)25)16-5-3-4-10-22-16/h3-11,18-19H,1-2H3,(H,23,25). The van der Waals surface area contributed by atoms with Crippen LogP contribution in [0.15, 0.2) is 54.7 Å². The molecule has 2 unspecified atom stereocenters. The maximum absolute atomic E-state index is 13.8. The van der Waals surface area contributed by atoms with E-state index in [1.165, 1.54) is 15.8 Å². The summed E-state index contributed by atoms with van der Waals surface area (Å²) < 4.78 is 13.8. The predicted molar refractivity (Wildman–Crippen MR) is 108 cm³/mol. The van der Waals surface area contributed by atoms with Crippen molar-refractivity contribution in [1.29, 1.82) is 0 Å². The van der Waals surface area contributed by atoms with Crippen LogP contribution >= 0.6 is 23.6 Å². The van der Waals surface area contributed by atoms with Crippen LogP contribution in [0.3, 0.4) is 0 Å². The summed E-state index contributed by atoms with van der Waals surface area (Å²) >= 11 is 7.41. The zero-order valence-electron chi connectivity index (χ0n) is 14.4. The van der Waals surface area contributed by atoms with Crippen molar-refractivity contribution in [3.63, 3.8) is 0 Å². The summed E-state index contributed by atoms with van der Waals surface area (Å²) in [5.74, 6) is -0.211. The number of nitrogens with zero attached hydrogens (tertiary/aromatic N) is 2. The van der Waals surface area contributed by atoms with Gasteiger partial charge in [0.05, 0.1) is 17.8 Å². The minimum absolute atomic E-state index is 0.0269. The van der Waals surface area contributed by atoms with Crippen LogP contribution in [0, 0.1) is 19.7 Å². The van der Waals surface area contributed by atoms with Crippen LogP contribution in [0.4, 0.5) is 10.1 Å². The van der Waals surface area contributed by atoms with E-state index < -0.39 is 0 Å². The summed E-state index contributed by atoms with van der Waals surface area (Å²) in [6.45, 7) is 3.86. The Bertz CT molecular complexity index is 955. The Labute approximate surface area is 161 Å². The van der Waals surface area contributed by atoms with Gasteiger partial charge in [0.25, 0.3) is 0 Å². The number of benzene rings is 1. The molecular formula is C20H18FN3S2. The fourth-order valence-electron chi connectivity index (χ4n) is 3.31. The Morgan fingerprint density at radius 2 is 2.00 bits per heavy atom. The van der Waals surface area contributed by atoms with Crippen molar-refractivity contribution in [2.75, 3.05) is 4.90 Å². The largest absolute Gasteiger partial charge is 0.351 e. The van der Waals surface area contributed by atoms with E-state index in [1.54, 1.807) is 30.5 Å². The number of thiocarbonyl (C=S) groups is 1. The molecule has 0 radical (unpaired) electrons. The Morgan fingerprint density at radius 1 is 1.15 bits per heavy atom. The minimum atomic E-state index is -0.211. The number of halogens is 1. The molecule has 1 aromatic carbocycles. The molecule has 132 valence electrons. The number of pyridine rings is 1. The first kappa shape index (κ1) is 17.1. The number of rotatable bonds is 3. The first-order valence-corrected chi connectivity index (χ1v) is 9.60.